The molecule has 0 aliphatic rings. The second-order valence-corrected chi connectivity index (χ2v) is 4.72. The topological polar surface area (TPSA) is 88.5 Å². The molecule has 2 aromatic heterocycles. The van der Waals surface area contributed by atoms with Crippen LogP contribution in [-0.2, 0) is 0 Å². The number of nitriles is 1. The normalized spacial score (nSPS) is 10.1. The summed E-state index contributed by atoms with van der Waals surface area (Å²) < 4.78 is 0. The van der Waals surface area contributed by atoms with Crippen LogP contribution in [0.25, 0.3) is 0 Å². The molecule has 2 rings (SSSR count). The molecule has 0 spiro atoms. The van der Waals surface area contributed by atoms with Crippen molar-refractivity contribution in [3.05, 3.63) is 35.3 Å². The minimum atomic E-state index is 0.443. The molecular weight excluding hydrogens is 246 g/mol. The first-order valence-electron chi connectivity index (χ1n) is 5.24. The monoisotopic (exact) mass is 257 g/mol. The number of aromatic nitrogens is 3. The number of nitrogen functional groups attached to an aromatic ring is 1. The van der Waals surface area contributed by atoms with Gasteiger partial charge >= 0.3 is 0 Å². The smallest absolute Gasteiger partial charge is 0.194 e. The first-order chi connectivity index (χ1) is 8.58. The van der Waals surface area contributed by atoms with E-state index in [9.17, 15) is 0 Å². The fourth-order valence-electron chi connectivity index (χ4n) is 1.44. The SMILES string of the molecule is Cc1cc(C)nc(Sc2ncc(C#N)cc2N)n1. The standard InChI is InChI=1S/C12H11N5S/c1-7-3-8(2)17-12(16-7)18-11-10(14)4-9(5-13)6-15-11/h3-4,6H,14H2,1-2H3. The summed E-state index contributed by atoms with van der Waals surface area (Å²) in [4.78, 5) is 12.7. The summed E-state index contributed by atoms with van der Waals surface area (Å²) in [5.41, 5.74) is 8.53. The number of hydrogen-bond donors (Lipinski definition) is 1. The summed E-state index contributed by atoms with van der Waals surface area (Å²) in [6.45, 7) is 3.82. The van der Waals surface area contributed by atoms with E-state index in [0.717, 1.165) is 11.4 Å². The lowest BCUT2D eigenvalue weighted by atomic mass is 10.3. The summed E-state index contributed by atoms with van der Waals surface area (Å²) in [5, 5.41) is 9.96. The van der Waals surface area contributed by atoms with Gasteiger partial charge in [0.25, 0.3) is 0 Å². The molecule has 0 aliphatic heterocycles. The predicted molar refractivity (Wildman–Crippen MR) is 69.0 cm³/mol. The van der Waals surface area contributed by atoms with Gasteiger partial charge in [-0.25, -0.2) is 15.0 Å². The van der Waals surface area contributed by atoms with E-state index < -0.39 is 0 Å². The van der Waals surface area contributed by atoms with Crippen LogP contribution in [0.5, 0.6) is 0 Å². The molecule has 0 aliphatic carbocycles. The van der Waals surface area contributed by atoms with E-state index in [4.69, 9.17) is 11.0 Å². The highest BCUT2D eigenvalue weighted by molar-refractivity contribution is 7.99. The van der Waals surface area contributed by atoms with Gasteiger partial charge in [-0.2, -0.15) is 5.26 Å². The van der Waals surface area contributed by atoms with Gasteiger partial charge in [0.15, 0.2) is 5.16 Å². The fraction of sp³-hybridized carbons (Fsp3) is 0.167. The van der Waals surface area contributed by atoms with Crippen molar-refractivity contribution < 1.29 is 0 Å². The summed E-state index contributed by atoms with van der Waals surface area (Å²) in [7, 11) is 0. The lowest BCUT2D eigenvalue weighted by molar-refractivity contribution is 0.899. The molecular formula is C12H11N5S. The van der Waals surface area contributed by atoms with E-state index in [1.165, 1.54) is 18.0 Å². The van der Waals surface area contributed by atoms with Crippen LogP contribution in [0.3, 0.4) is 0 Å². The first-order valence-corrected chi connectivity index (χ1v) is 6.06. The third kappa shape index (κ3) is 2.76. The van der Waals surface area contributed by atoms with Crippen LogP contribution in [0, 0.1) is 25.2 Å². The maximum atomic E-state index is 8.74. The van der Waals surface area contributed by atoms with Crippen LogP contribution in [-0.4, -0.2) is 15.0 Å². The Morgan fingerprint density at radius 3 is 2.44 bits per heavy atom. The zero-order chi connectivity index (χ0) is 13.1. The summed E-state index contributed by atoms with van der Waals surface area (Å²) >= 11 is 1.29. The highest BCUT2D eigenvalue weighted by Gasteiger charge is 2.08. The van der Waals surface area contributed by atoms with Crippen molar-refractivity contribution in [1.82, 2.24) is 15.0 Å². The Morgan fingerprint density at radius 1 is 1.22 bits per heavy atom. The largest absolute Gasteiger partial charge is 0.396 e. The summed E-state index contributed by atoms with van der Waals surface area (Å²) in [6, 6.07) is 5.49. The highest BCUT2D eigenvalue weighted by Crippen LogP contribution is 2.28. The van der Waals surface area contributed by atoms with Gasteiger partial charge in [0.2, 0.25) is 0 Å². The Balaban J connectivity index is 2.31. The second kappa shape index (κ2) is 5.02. The molecule has 0 bridgehead atoms. The van der Waals surface area contributed by atoms with E-state index >= 15 is 0 Å². The molecule has 90 valence electrons. The van der Waals surface area contributed by atoms with Crippen molar-refractivity contribution in [2.24, 2.45) is 0 Å². The number of hydrogen-bond acceptors (Lipinski definition) is 6. The van der Waals surface area contributed by atoms with Gasteiger partial charge in [0, 0.05) is 17.6 Å². The number of pyridine rings is 1. The van der Waals surface area contributed by atoms with Gasteiger partial charge < -0.3 is 5.73 Å². The maximum absolute atomic E-state index is 8.74. The van der Waals surface area contributed by atoms with Crippen molar-refractivity contribution in [2.45, 2.75) is 24.0 Å². The Morgan fingerprint density at radius 2 is 1.89 bits per heavy atom. The molecule has 0 amide bonds. The quantitative estimate of drug-likeness (QED) is 0.829. The number of aryl methyl sites for hydroxylation is 2. The third-order valence-electron chi connectivity index (χ3n) is 2.16. The predicted octanol–water partition coefficient (Wildman–Crippen LogP) is 2.09. The van der Waals surface area contributed by atoms with Crippen LogP contribution in [0.15, 0.2) is 28.5 Å². The molecule has 0 saturated carbocycles. The van der Waals surface area contributed by atoms with E-state index in [1.54, 1.807) is 6.07 Å². The maximum Gasteiger partial charge on any atom is 0.194 e. The van der Waals surface area contributed by atoms with E-state index in [1.807, 2.05) is 26.0 Å². The van der Waals surface area contributed by atoms with Crippen LogP contribution in [0.4, 0.5) is 5.69 Å². The van der Waals surface area contributed by atoms with Crippen LogP contribution < -0.4 is 5.73 Å². The zero-order valence-corrected chi connectivity index (χ0v) is 10.8. The number of anilines is 1. The highest BCUT2D eigenvalue weighted by atomic mass is 32.2. The molecule has 0 unspecified atom stereocenters. The van der Waals surface area contributed by atoms with Crippen molar-refractivity contribution >= 4 is 17.4 Å². The van der Waals surface area contributed by atoms with E-state index in [-0.39, 0.29) is 0 Å². The van der Waals surface area contributed by atoms with Crippen molar-refractivity contribution in [2.75, 3.05) is 5.73 Å². The Kier molecular flexibility index (Phi) is 3.44. The Hall–Kier alpha value is -2.13. The average molecular weight is 257 g/mol. The van der Waals surface area contributed by atoms with Gasteiger partial charge in [0.1, 0.15) is 11.1 Å². The van der Waals surface area contributed by atoms with Gasteiger partial charge in [-0.15, -0.1) is 0 Å². The molecule has 2 N–H and O–H groups in total. The molecule has 2 aromatic rings. The van der Waals surface area contributed by atoms with Crippen LogP contribution in [0.2, 0.25) is 0 Å². The van der Waals surface area contributed by atoms with Crippen LogP contribution in [0.1, 0.15) is 17.0 Å². The lowest BCUT2D eigenvalue weighted by Crippen LogP contribution is -1.96. The van der Waals surface area contributed by atoms with Crippen molar-refractivity contribution in [3.63, 3.8) is 0 Å². The van der Waals surface area contributed by atoms with Gasteiger partial charge in [-0.05, 0) is 37.7 Å². The lowest BCUT2D eigenvalue weighted by Gasteiger charge is -2.04. The van der Waals surface area contributed by atoms with Gasteiger partial charge in [-0.1, -0.05) is 0 Å². The van der Waals surface area contributed by atoms with Gasteiger partial charge in [-0.3, -0.25) is 0 Å². The van der Waals surface area contributed by atoms with E-state index in [2.05, 4.69) is 15.0 Å². The Labute approximate surface area is 109 Å². The minimum Gasteiger partial charge on any atom is -0.396 e. The summed E-state index contributed by atoms with van der Waals surface area (Å²) in [5.74, 6) is 0. The molecule has 2 heterocycles. The number of nitrogens with two attached hydrogens (primary N) is 1. The molecule has 18 heavy (non-hydrogen) atoms. The number of rotatable bonds is 2. The van der Waals surface area contributed by atoms with Crippen molar-refractivity contribution in [1.29, 1.82) is 5.26 Å². The molecule has 0 radical (unpaired) electrons. The van der Waals surface area contributed by atoms with Crippen molar-refractivity contribution in [3.8, 4) is 6.07 Å². The molecule has 0 atom stereocenters. The second-order valence-electron chi connectivity index (χ2n) is 3.77. The average Bonchev–Trinajstić information content (AvgIpc) is 2.30. The van der Waals surface area contributed by atoms with Crippen LogP contribution >= 0.6 is 11.8 Å². The van der Waals surface area contributed by atoms with Gasteiger partial charge in [0.05, 0.1) is 11.3 Å². The first kappa shape index (κ1) is 12.3. The number of nitrogens with zero attached hydrogens (tertiary/aromatic N) is 4. The third-order valence-corrected chi connectivity index (χ3v) is 3.06. The fourth-order valence-corrected chi connectivity index (χ4v) is 2.28. The minimum absolute atomic E-state index is 0.443. The molecule has 5 nitrogen and oxygen atoms in total. The molecule has 0 aromatic carbocycles. The Bertz CT molecular complexity index is 613. The van der Waals surface area contributed by atoms with E-state index in [0.29, 0.717) is 21.4 Å². The molecule has 6 heteroatoms. The zero-order valence-electron chi connectivity index (χ0n) is 10.0. The molecule has 0 saturated heterocycles. The summed E-state index contributed by atoms with van der Waals surface area (Å²) in [6.07, 6.45) is 1.49. The molecule has 0 fully saturated rings.